The molecule has 1 aromatic carbocycles. The van der Waals surface area contributed by atoms with E-state index in [0.29, 0.717) is 5.75 Å². The molecule has 1 radical (unpaired) electrons. The fourth-order valence-corrected chi connectivity index (χ4v) is 0.806. The summed E-state index contributed by atoms with van der Waals surface area (Å²) in [5.74, 6) is 0.414. The van der Waals surface area contributed by atoms with Crippen LogP contribution in [0.25, 0.3) is 0 Å². The van der Waals surface area contributed by atoms with Gasteiger partial charge in [-0.05, 0) is 25.0 Å². The molecule has 2 heteroatoms. The number of aryl methyl sites for hydroxylation is 2. The van der Waals surface area contributed by atoms with Gasteiger partial charge in [-0.15, -0.1) is 0 Å². The zero-order valence-corrected chi connectivity index (χ0v) is 9.09. The maximum atomic E-state index is 9.21. The van der Waals surface area contributed by atoms with E-state index >= 15 is 0 Å². The van der Waals surface area contributed by atoms with Gasteiger partial charge in [0.25, 0.3) is 0 Å². The van der Waals surface area contributed by atoms with Crippen molar-refractivity contribution >= 4 is 0 Å². The van der Waals surface area contributed by atoms with Crippen LogP contribution in [0.2, 0.25) is 0 Å². The van der Waals surface area contributed by atoms with Crippen LogP contribution in [0, 0.1) is 13.8 Å². The number of hydrogen-bond acceptors (Lipinski definition) is 1. The van der Waals surface area contributed by atoms with E-state index in [-0.39, 0.29) is 32.7 Å². The Hall–Kier alpha value is 0.124. The van der Waals surface area contributed by atoms with E-state index in [2.05, 4.69) is 0 Å². The van der Waals surface area contributed by atoms with Crippen LogP contribution in [0.5, 0.6) is 5.75 Å². The van der Waals surface area contributed by atoms with Crippen LogP contribution in [-0.2, 0) is 32.7 Å². The van der Waals surface area contributed by atoms with Gasteiger partial charge < -0.3 is 5.11 Å². The van der Waals surface area contributed by atoms with Crippen molar-refractivity contribution < 1.29 is 37.8 Å². The van der Waals surface area contributed by atoms with Crippen LogP contribution in [0.3, 0.4) is 0 Å². The third-order valence-corrected chi connectivity index (χ3v) is 1.44. The second-order valence-corrected chi connectivity index (χ2v) is 2.24. The Morgan fingerprint density at radius 3 is 1.80 bits per heavy atom. The first-order valence-corrected chi connectivity index (χ1v) is 2.97. The van der Waals surface area contributed by atoms with Crippen molar-refractivity contribution in [3.63, 3.8) is 0 Å². The van der Waals surface area contributed by atoms with Gasteiger partial charge in [0.05, 0.1) is 0 Å². The van der Waals surface area contributed by atoms with Crippen LogP contribution in [-0.4, -0.2) is 5.11 Å². The predicted molar refractivity (Wildman–Crippen MR) is 37.6 cm³/mol. The first-order chi connectivity index (χ1) is 4.22. The van der Waals surface area contributed by atoms with E-state index in [9.17, 15) is 5.11 Å². The SMILES string of the molecule is Cc1cccc(C)c1O.[Y]. The smallest absolute Gasteiger partial charge is 0.121 e. The molecule has 1 rings (SSSR count). The van der Waals surface area contributed by atoms with E-state index < -0.39 is 0 Å². The Bertz CT molecular complexity index is 200. The first kappa shape index (κ1) is 10.1. The van der Waals surface area contributed by atoms with Crippen LogP contribution in [0.4, 0.5) is 0 Å². The topological polar surface area (TPSA) is 20.2 Å². The maximum Gasteiger partial charge on any atom is 0.121 e. The number of aromatic hydroxyl groups is 1. The predicted octanol–water partition coefficient (Wildman–Crippen LogP) is 2.01. The molecule has 0 saturated heterocycles. The Morgan fingerprint density at radius 2 is 1.50 bits per heavy atom. The van der Waals surface area contributed by atoms with Crippen LogP contribution in [0.1, 0.15) is 11.1 Å². The van der Waals surface area contributed by atoms with Gasteiger partial charge in [-0.2, -0.15) is 0 Å². The van der Waals surface area contributed by atoms with Crippen molar-refractivity contribution in [3.05, 3.63) is 29.3 Å². The van der Waals surface area contributed by atoms with Crippen molar-refractivity contribution in [2.75, 3.05) is 0 Å². The van der Waals surface area contributed by atoms with Gasteiger partial charge in [0.1, 0.15) is 5.75 Å². The fourth-order valence-electron chi connectivity index (χ4n) is 0.806. The van der Waals surface area contributed by atoms with E-state index in [1.54, 1.807) is 0 Å². The minimum atomic E-state index is 0. The van der Waals surface area contributed by atoms with Crippen molar-refractivity contribution in [2.24, 2.45) is 0 Å². The molecule has 0 atom stereocenters. The van der Waals surface area contributed by atoms with E-state index in [1.807, 2.05) is 32.0 Å². The molecule has 0 aliphatic rings. The molecule has 51 valence electrons. The molecule has 0 aliphatic heterocycles. The maximum absolute atomic E-state index is 9.21. The van der Waals surface area contributed by atoms with Crippen LogP contribution in [0.15, 0.2) is 18.2 Å². The summed E-state index contributed by atoms with van der Waals surface area (Å²) in [5.41, 5.74) is 1.88. The molecular formula is C8H10OY. The second kappa shape index (κ2) is 4.10. The molecule has 0 saturated carbocycles. The van der Waals surface area contributed by atoms with Crippen molar-refractivity contribution in [1.29, 1.82) is 0 Å². The Balaban J connectivity index is 0.000000810. The van der Waals surface area contributed by atoms with E-state index in [0.717, 1.165) is 11.1 Å². The van der Waals surface area contributed by atoms with E-state index in [1.165, 1.54) is 0 Å². The van der Waals surface area contributed by atoms with E-state index in [4.69, 9.17) is 0 Å². The molecule has 1 aromatic rings. The summed E-state index contributed by atoms with van der Waals surface area (Å²) in [6.07, 6.45) is 0. The Kier molecular flexibility index (Phi) is 4.15. The van der Waals surface area contributed by atoms with Crippen LogP contribution < -0.4 is 0 Å². The summed E-state index contributed by atoms with van der Waals surface area (Å²) in [7, 11) is 0. The molecule has 0 heterocycles. The molecule has 0 aromatic heterocycles. The summed E-state index contributed by atoms with van der Waals surface area (Å²) >= 11 is 0. The molecule has 0 amide bonds. The number of hydrogen-bond donors (Lipinski definition) is 1. The molecule has 10 heavy (non-hydrogen) atoms. The quantitative estimate of drug-likeness (QED) is 0.695. The van der Waals surface area contributed by atoms with Crippen molar-refractivity contribution in [2.45, 2.75) is 13.8 Å². The number of benzene rings is 1. The van der Waals surface area contributed by atoms with Gasteiger partial charge in [0.2, 0.25) is 0 Å². The van der Waals surface area contributed by atoms with Crippen LogP contribution >= 0.6 is 0 Å². The summed E-state index contributed by atoms with van der Waals surface area (Å²) in [5, 5.41) is 9.21. The molecule has 0 bridgehead atoms. The summed E-state index contributed by atoms with van der Waals surface area (Å²) in [4.78, 5) is 0. The third-order valence-electron chi connectivity index (χ3n) is 1.44. The summed E-state index contributed by atoms with van der Waals surface area (Å²) < 4.78 is 0. The average Bonchev–Trinajstić information content (AvgIpc) is 1.83. The van der Waals surface area contributed by atoms with Gasteiger partial charge in [0.15, 0.2) is 0 Å². The normalized spacial score (nSPS) is 8.60. The van der Waals surface area contributed by atoms with Gasteiger partial charge >= 0.3 is 0 Å². The largest absolute Gasteiger partial charge is 0.507 e. The number of para-hydroxylation sites is 1. The molecule has 0 aliphatic carbocycles. The van der Waals surface area contributed by atoms with Crippen molar-refractivity contribution in [1.82, 2.24) is 0 Å². The van der Waals surface area contributed by atoms with Crippen molar-refractivity contribution in [3.8, 4) is 5.75 Å². The Morgan fingerprint density at radius 1 is 1.10 bits per heavy atom. The summed E-state index contributed by atoms with van der Waals surface area (Å²) in [6, 6.07) is 5.72. The molecule has 0 fully saturated rings. The van der Waals surface area contributed by atoms with Gasteiger partial charge in [-0.3, -0.25) is 0 Å². The fraction of sp³-hybridized carbons (Fsp3) is 0.250. The second-order valence-electron chi connectivity index (χ2n) is 2.24. The minimum Gasteiger partial charge on any atom is -0.507 e. The number of phenolic OH excluding ortho intramolecular Hbond substituents is 1. The minimum absolute atomic E-state index is 0. The average molecular weight is 211 g/mol. The monoisotopic (exact) mass is 211 g/mol. The molecule has 0 spiro atoms. The zero-order chi connectivity index (χ0) is 6.85. The summed E-state index contributed by atoms with van der Waals surface area (Å²) in [6.45, 7) is 3.78. The standard InChI is InChI=1S/C8H10O.Y/c1-6-4-3-5-7(2)8(6)9;/h3-5,9H,1-2H3;. The Labute approximate surface area is 86.3 Å². The van der Waals surface area contributed by atoms with Gasteiger partial charge in [0, 0.05) is 32.7 Å². The molecule has 1 nitrogen and oxygen atoms in total. The van der Waals surface area contributed by atoms with Gasteiger partial charge in [-0.1, -0.05) is 18.2 Å². The first-order valence-electron chi connectivity index (χ1n) is 2.97. The third kappa shape index (κ3) is 2.07. The number of rotatable bonds is 0. The zero-order valence-electron chi connectivity index (χ0n) is 6.26. The molecule has 1 N–H and O–H groups in total. The molecular weight excluding hydrogens is 201 g/mol. The molecule has 0 unspecified atom stereocenters. The van der Waals surface area contributed by atoms with Gasteiger partial charge in [-0.25, -0.2) is 0 Å². The number of phenols is 1.